The highest BCUT2D eigenvalue weighted by atomic mass is 16.5. The second kappa shape index (κ2) is 8.01. The van der Waals surface area contributed by atoms with Crippen molar-refractivity contribution in [3.63, 3.8) is 0 Å². The average molecular weight is 366 g/mol. The molecule has 27 heavy (non-hydrogen) atoms. The minimum absolute atomic E-state index is 0.126. The normalized spacial score (nSPS) is 18.8. The summed E-state index contributed by atoms with van der Waals surface area (Å²) in [5.41, 5.74) is 2.30. The summed E-state index contributed by atoms with van der Waals surface area (Å²) in [4.78, 5) is 16.7. The Balaban J connectivity index is 1.46. The number of benzene rings is 2. The molecule has 1 aliphatic heterocycles. The molecule has 0 spiro atoms. The number of hydrogen-bond donors (Lipinski definition) is 2. The van der Waals surface area contributed by atoms with Crippen LogP contribution in [0.15, 0.2) is 54.6 Å². The van der Waals surface area contributed by atoms with Crippen LogP contribution < -0.4 is 19.9 Å². The van der Waals surface area contributed by atoms with Crippen LogP contribution in [0.3, 0.4) is 0 Å². The molecule has 142 valence electrons. The molecule has 0 bridgehead atoms. The second-order valence-electron chi connectivity index (χ2n) is 7.47. The first-order valence-electron chi connectivity index (χ1n) is 9.83. The van der Waals surface area contributed by atoms with E-state index in [2.05, 4.69) is 34.5 Å². The van der Waals surface area contributed by atoms with E-state index in [0.29, 0.717) is 6.04 Å². The molecule has 2 N–H and O–H groups in total. The van der Waals surface area contributed by atoms with Gasteiger partial charge in [0.1, 0.15) is 5.75 Å². The molecule has 1 saturated carbocycles. The summed E-state index contributed by atoms with van der Waals surface area (Å²) in [6.45, 7) is 3.74. The lowest BCUT2D eigenvalue weighted by atomic mass is 10.0. The van der Waals surface area contributed by atoms with E-state index in [-0.39, 0.29) is 11.9 Å². The Kier molecular flexibility index (Phi) is 5.30. The van der Waals surface area contributed by atoms with Crippen molar-refractivity contribution in [2.45, 2.75) is 24.9 Å². The van der Waals surface area contributed by atoms with Gasteiger partial charge >= 0.3 is 0 Å². The summed E-state index contributed by atoms with van der Waals surface area (Å²) in [5.74, 6) is 1.06. The maximum Gasteiger partial charge on any atom is 0.283 e. The maximum atomic E-state index is 13.0. The van der Waals surface area contributed by atoms with E-state index in [0.717, 1.165) is 50.3 Å². The molecular formula is C22H28N3O2+. The van der Waals surface area contributed by atoms with Crippen LogP contribution in [-0.2, 0) is 4.79 Å². The second-order valence-corrected chi connectivity index (χ2v) is 7.47. The number of amides is 1. The van der Waals surface area contributed by atoms with Crippen LogP contribution >= 0.6 is 0 Å². The van der Waals surface area contributed by atoms with Gasteiger partial charge in [-0.2, -0.15) is 0 Å². The van der Waals surface area contributed by atoms with Crippen LogP contribution in [0.1, 0.15) is 24.4 Å². The predicted octanol–water partition coefficient (Wildman–Crippen LogP) is 1.42. The first-order valence-corrected chi connectivity index (χ1v) is 9.83. The largest absolute Gasteiger partial charge is 0.497 e. The van der Waals surface area contributed by atoms with E-state index in [9.17, 15) is 4.79 Å². The summed E-state index contributed by atoms with van der Waals surface area (Å²) in [6, 6.07) is 18.7. The standard InChI is InChI=1S/C22H27N3O2/c1-27-20-9-5-8-19(16-20)24-12-14-25(15-13-24)21(17-6-3-2-4-7-17)22(26)23-18-10-11-18/h2-9,16,18,21H,10-15H2,1H3,(H,23,26)/p+1/t21-/m0/s1. The van der Waals surface area contributed by atoms with Crippen LogP contribution in [0.25, 0.3) is 0 Å². The van der Waals surface area contributed by atoms with Gasteiger partial charge in [0.2, 0.25) is 0 Å². The van der Waals surface area contributed by atoms with E-state index < -0.39 is 0 Å². The van der Waals surface area contributed by atoms with Gasteiger partial charge in [0.05, 0.1) is 33.3 Å². The SMILES string of the molecule is COc1cccc(N2CC[NH+]([C@H](C(=O)NC3CC3)c3ccccc3)CC2)c1. The zero-order valence-corrected chi connectivity index (χ0v) is 15.9. The fourth-order valence-corrected chi connectivity index (χ4v) is 3.88. The zero-order chi connectivity index (χ0) is 18.6. The van der Waals surface area contributed by atoms with Gasteiger partial charge in [-0.05, 0) is 25.0 Å². The van der Waals surface area contributed by atoms with Crippen molar-refractivity contribution >= 4 is 11.6 Å². The summed E-state index contributed by atoms with van der Waals surface area (Å²) in [5, 5.41) is 3.22. The molecule has 1 saturated heterocycles. The van der Waals surface area contributed by atoms with Crippen molar-refractivity contribution in [3.05, 3.63) is 60.2 Å². The molecule has 1 amide bonds. The Bertz CT molecular complexity index is 768. The van der Waals surface area contributed by atoms with E-state index in [1.54, 1.807) is 7.11 Å². The monoisotopic (exact) mass is 366 g/mol. The maximum absolute atomic E-state index is 13.0. The Labute approximate surface area is 160 Å². The van der Waals surface area contributed by atoms with Gasteiger partial charge in [0.25, 0.3) is 5.91 Å². The van der Waals surface area contributed by atoms with Crippen molar-refractivity contribution in [2.24, 2.45) is 0 Å². The molecule has 2 fully saturated rings. The van der Waals surface area contributed by atoms with E-state index in [1.807, 2.05) is 30.3 Å². The van der Waals surface area contributed by atoms with Gasteiger partial charge < -0.3 is 19.9 Å². The van der Waals surface area contributed by atoms with Crippen molar-refractivity contribution in [3.8, 4) is 5.75 Å². The molecule has 0 unspecified atom stereocenters. The zero-order valence-electron chi connectivity index (χ0n) is 15.9. The third kappa shape index (κ3) is 4.25. The number of quaternary nitrogens is 1. The number of piperazine rings is 1. The quantitative estimate of drug-likeness (QED) is 0.813. The van der Waals surface area contributed by atoms with Gasteiger partial charge in [-0.25, -0.2) is 0 Å². The molecule has 2 aliphatic rings. The molecule has 0 radical (unpaired) electrons. The minimum atomic E-state index is -0.126. The number of ether oxygens (including phenoxy) is 1. The fourth-order valence-electron chi connectivity index (χ4n) is 3.88. The lowest BCUT2D eigenvalue weighted by Crippen LogP contribution is -3.16. The third-order valence-corrected chi connectivity index (χ3v) is 5.55. The highest BCUT2D eigenvalue weighted by Crippen LogP contribution is 2.22. The highest BCUT2D eigenvalue weighted by molar-refractivity contribution is 5.82. The van der Waals surface area contributed by atoms with Crippen LogP contribution in [0.2, 0.25) is 0 Å². The molecule has 2 aromatic rings. The summed E-state index contributed by atoms with van der Waals surface area (Å²) in [6.07, 6.45) is 2.23. The Morgan fingerprint density at radius 1 is 1.11 bits per heavy atom. The smallest absolute Gasteiger partial charge is 0.283 e. The third-order valence-electron chi connectivity index (χ3n) is 5.55. The molecule has 5 nitrogen and oxygen atoms in total. The molecule has 0 aromatic heterocycles. The molecule has 5 heteroatoms. The van der Waals surface area contributed by atoms with Crippen LogP contribution in [-0.4, -0.2) is 45.2 Å². The van der Waals surface area contributed by atoms with Crippen molar-refractivity contribution in [1.82, 2.24) is 5.32 Å². The van der Waals surface area contributed by atoms with Gasteiger partial charge in [0, 0.05) is 23.4 Å². The number of nitrogens with zero attached hydrogens (tertiary/aromatic N) is 1. The van der Waals surface area contributed by atoms with Gasteiger partial charge in [-0.3, -0.25) is 4.79 Å². The van der Waals surface area contributed by atoms with Gasteiger partial charge in [0.15, 0.2) is 6.04 Å². The highest BCUT2D eigenvalue weighted by Gasteiger charge is 2.36. The van der Waals surface area contributed by atoms with E-state index >= 15 is 0 Å². The van der Waals surface area contributed by atoms with E-state index in [1.165, 1.54) is 10.6 Å². The molecular weight excluding hydrogens is 338 g/mol. The topological polar surface area (TPSA) is 46.0 Å². The molecule has 2 aromatic carbocycles. The van der Waals surface area contributed by atoms with Crippen molar-refractivity contribution in [2.75, 3.05) is 38.2 Å². The van der Waals surface area contributed by atoms with Gasteiger partial charge in [-0.15, -0.1) is 0 Å². The number of hydrogen-bond acceptors (Lipinski definition) is 3. The number of carbonyl (C=O) groups is 1. The number of rotatable bonds is 6. The average Bonchev–Trinajstić information content (AvgIpc) is 3.53. The lowest BCUT2D eigenvalue weighted by Gasteiger charge is -2.37. The fraction of sp³-hybridized carbons (Fsp3) is 0.409. The Morgan fingerprint density at radius 2 is 1.85 bits per heavy atom. The molecule has 1 heterocycles. The van der Waals surface area contributed by atoms with Gasteiger partial charge in [-0.1, -0.05) is 36.4 Å². The van der Waals surface area contributed by atoms with Crippen molar-refractivity contribution in [1.29, 1.82) is 0 Å². The number of methoxy groups -OCH3 is 1. The lowest BCUT2D eigenvalue weighted by molar-refractivity contribution is -0.922. The Hall–Kier alpha value is -2.53. The van der Waals surface area contributed by atoms with Crippen LogP contribution in [0.4, 0.5) is 5.69 Å². The number of carbonyl (C=O) groups excluding carboxylic acids is 1. The summed E-state index contributed by atoms with van der Waals surface area (Å²) < 4.78 is 5.35. The van der Waals surface area contributed by atoms with E-state index in [4.69, 9.17) is 4.74 Å². The Morgan fingerprint density at radius 3 is 2.52 bits per heavy atom. The number of nitrogens with one attached hydrogen (secondary N) is 2. The molecule has 1 aliphatic carbocycles. The first kappa shape index (κ1) is 17.9. The summed E-state index contributed by atoms with van der Waals surface area (Å²) in [7, 11) is 1.70. The first-order chi connectivity index (χ1) is 13.2. The van der Waals surface area contributed by atoms with Crippen molar-refractivity contribution < 1.29 is 14.4 Å². The van der Waals surface area contributed by atoms with Crippen LogP contribution in [0, 0.1) is 0 Å². The van der Waals surface area contributed by atoms with Crippen LogP contribution in [0.5, 0.6) is 5.75 Å². The number of anilines is 1. The molecule has 4 rings (SSSR count). The molecule has 1 atom stereocenters. The summed E-state index contributed by atoms with van der Waals surface area (Å²) >= 11 is 0. The predicted molar refractivity (Wildman–Crippen MR) is 106 cm³/mol. The minimum Gasteiger partial charge on any atom is -0.497 e.